The number of aromatic hydroxyl groups is 1. The van der Waals surface area contributed by atoms with E-state index in [0.29, 0.717) is 11.1 Å². The molecule has 0 spiro atoms. The minimum atomic E-state index is -0.304. The van der Waals surface area contributed by atoms with Crippen molar-refractivity contribution in [1.82, 2.24) is 5.43 Å². The van der Waals surface area contributed by atoms with Gasteiger partial charge in [0.05, 0.1) is 6.21 Å². The van der Waals surface area contributed by atoms with Gasteiger partial charge in [-0.15, -0.1) is 0 Å². The molecule has 0 unspecified atom stereocenters. The lowest BCUT2D eigenvalue weighted by Gasteiger charge is -2.12. The highest BCUT2D eigenvalue weighted by Gasteiger charge is 2.06. The Bertz CT molecular complexity index is 931. The highest BCUT2D eigenvalue weighted by Crippen LogP contribution is 2.25. The maximum Gasteiger partial charge on any atom is 0.271 e. The van der Waals surface area contributed by atoms with Gasteiger partial charge in [-0.1, -0.05) is 30.3 Å². The Morgan fingerprint density at radius 1 is 1.04 bits per heavy atom. The van der Waals surface area contributed by atoms with Crippen molar-refractivity contribution in [3.05, 3.63) is 71.8 Å². The first-order valence-electron chi connectivity index (χ1n) is 7.88. The summed E-state index contributed by atoms with van der Waals surface area (Å²) in [7, 11) is 3.88. The van der Waals surface area contributed by atoms with Gasteiger partial charge in [0, 0.05) is 30.9 Å². The van der Waals surface area contributed by atoms with Gasteiger partial charge < -0.3 is 10.0 Å². The number of benzene rings is 3. The van der Waals surface area contributed by atoms with Crippen LogP contribution in [-0.2, 0) is 0 Å². The van der Waals surface area contributed by atoms with E-state index in [0.717, 1.165) is 16.5 Å². The van der Waals surface area contributed by atoms with Crippen LogP contribution in [0.15, 0.2) is 65.8 Å². The van der Waals surface area contributed by atoms with Gasteiger partial charge in [-0.2, -0.15) is 5.10 Å². The summed E-state index contributed by atoms with van der Waals surface area (Å²) in [6.45, 7) is 0. The molecule has 1 amide bonds. The van der Waals surface area contributed by atoms with Gasteiger partial charge in [0.25, 0.3) is 5.91 Å². The summed E-state index contributed by atoms with van der Waals surface area (Å²) in [6.07, 6.45) is 1.46. The Morgan fingerprint density at radius 3 is 2.48 bits per heavy atom. The zero-order valence-electron chi connectivity index (χ0n) is 14.1. The Balaban J connectivity index is 1.77. The fraction of sp³-hybridized carbons (Fsp3) is 0.100. The van der Waals surface area contributed by atoms with Gasteiger partial charge in [-0.25, -0.2) is 5.43 Å². The average Bonchev–Trinajstić information content (AvgIpc) is 2.63. The van der Waals surface area contributed by atoms with Crippen LogP contribution in [0.4, 0.5) is 5.69 Å². The number of hydrogen-bond donors (Lipinski definition) is 2. The standard InChI is InChI=1S/C20H19N3O2/c1-23(2)16-10-7-15(8-11-16)20(25)22-21-13-18-17-6-4-3-5-14(17)9-12-19(18)24/h3-13,24H,1-2H3,(H,22,25)/b21-13-. The Hall–Kier alpha value is -3.34. The molecule has 0 atom stereocenters. The zero-order valence-corrected chi connectivity index (χ0v) is 14.1. The third-order valence-corrected chi connectivity index (χ3v) is 3.95. The van der Waals surface area contributed by atoms with Crippen LogP contribution in [0.5, 0.6) is 5.75 Å². The van der Waals surface area contributed by atoms with Crippen molar-refractivity contribution in [2.75, 3.05) is 19.0 Å². The highest BCUT2D eigenvalue weighted by atomic mass is 16.3. The topological polar surface area (TPSA) is 64.9 Å². The van der Waals surface area contributed by atoms with Gasteiger partial charge in [-0.3, -0.25) is 4.79 Å². The molecule has 3 rings (SSSR count). The highest BCUT2D eigenvalue weighted by molar-refractivity contribution is 6.03. The average molecular weight is 333 g/mol. The van der Waals surface area contributed by atoms with Gasteiger partial charge in [0.1, 0.15) is 5.75 Å². The number of nitrogens with zero attached hydrogens (tertiary/aromatic N) is 2. The Morgan fingerprint density at radius 2 is 1.76 bits per heavy atom. The molecule has 0 heterocycles. The van der Waals surface area contributed by atoms with Crippen molar-refractivity contribution in [3.8, 4) is 5.75 Å². The zero-order chi connectivity index (χ0) is 17.8. The van der Waals surface area contributed by atoms with Crippen molar-refractivity contribution in [2.45, 2.75) is 0 Å². The van der Waals surface area contributed by atoms with Gasteiger partial charge in [0.2, 0.25) is 0 Å². The molecule has 126 valence electrons. The molecular formula is C20H19N3O2. The van der Waals surface area contributed by atoms with Crippen LogP contribution < -0.4 is 10.3 Å². The molecule has 0 radical (unpaired) electrons. The van der Waals surface area contributed by atoms with E-state index < -0.39 is 0 Å². The molecule has 0 saturated heterocycles. The molecule has 0 aliphatic rings. The van der Waals surface area contributed by atoms with E-state index in [4.69, 9.17) is 0 Å². The molecule has 3 aromatic carbocycles. The molecule has 0 fully saturated rings. The minimum absolute atomic E-state index is 0.118. The number of carbonyl (C=O) groups excluding carboxylic acids is 1. The van der Waals surface area contributed by atoms with E-state index in [9.17, 15) is 9.90 Å². The summed E-state index contributed by atoms with van der Waals surface area (Å²) in [5.41, 5.74) is 4.60. The van der Waals surface area contributed by atoms with Crippen LogP contribution in [-0.4, -0.2) is 31.3 Å². The van der Waals surface area contributed by atoms with E-state index in [1.807, 2.05) is 61.5 Å². The first-order valence-corrected chi connectivity index (χ1v) is 7.88. The molecular weight excluding hydrogens is 314 g/mol. The van der Waals surface area contributed by atoms with Gasteiger partial charge in [0.15, 0.2) is 0 Å². The summed E-state index contributed by atoms with van der Waals surface area (Å²) in [5, 5.41) is 15.9. The lowest BCUT2D eigenvalue weighted by Crippen LogP contribution is -2.18. The summed E-state index contributed by atoms with van der Waals surface area (Å²) in [6, 6.07) is 18.4. The summed E-state index contributed by atoms with van der Waals surface area (Å²) in [5.74, 6) is -0.187. The normalized spacial score (nSPS) is 11.0. The van der Waals surface area contributed by atoms with Gasteiger partial charge >= 0.3 is 0 Å². The predicted octanol–water partition coefficient (Wildman–Crippen LogP) is 3.38. The van der Waals surface area contributed by atoms with E-state index in [2.05, 4.69) is 10.5 Å². The van der Waals surface area contributed by atoms with E-state index in [1.165, 1.54) is 6.21 Å². The fourth-order valence-corrected chi connectivity index (χ4v) is 2.55. The molecule has 3 aromatic rings. The minimum Gasteiger partial charge on any atom is -0.507 e. The van der Waals surface area contributed by atoms with Crippen LogP contribution in [0.2, 0.25) is 0 Å². The second-order valence-corrected chi connectivity index (χ2v) is 5.86. The largest absolute Gasteiger partial charge is 0.507 e. The number of hydrazone groups is 1. The third kappa shape index (κ3) is 3.61. The first-order chi connectivity index (χ1) is 12.1. The SMILES string of the molecule is CN(C)c1ccc(C(=O)N/N=C\c2c(O)ccc3ccccc23)cc1. The molecule has 0 aliphatic carbocycles. The molecule has 0 aromatic heterocycles. The Kier molecular flexibility index (Phi) is 4.66. The number of anilines is 1. The lowest BCUT2D eigenvalue weighted by molar-refractivity contribution is 0.0955. The van der Waals surface area contributed by atoms with Crippen molar-refractivity contribution >= 4 is 28.6 Å². The summed E-state index contributed by atoms with van der Waals surface area (Å²) in [4.78, 5) is 14.1. The first kappa shape index (κ1) is 16.5. The van der Waals surface area contributed by atoms with Gasteiger partial charge in [-0.05, 0) is 41.1 Å². The lowest BCUT2D eigenvalue weighted by atomic mass is 10.0. The molecule has 25 heavy (non-hydrogen) atoms. The fourth-order valence-electron chi connectivity index (χ4n) is 2.55. The van der Waals surface area contributed by atoms with E-state index in [1.54, 1.807) is 18.2 Å². The van der Waals surface area contributed by atoms with E-state index in [-0.39, 0.29) is 11.7 Å². The maximum absolute atomic E-state index is 12.2. The van der Waals surface area contributed by atoms with Crippen LogP contribution >= 0.6 is 0 Å². The number of nitrogens with one attached hydrogen (secondary N) is 1. The summed E-state index contributed by atoms with van der Waals surface area (Å²) < 4.78 is 0. The number of carbonyl (C=O) groups is 1. The second-order valence-electron chi connectivity index (χ2n) is 5.86. The van der Waals surface area contributed by atoms with Crippen LogP contribution in [0.3, 0.4) is 0 Å². The van der Waals surface area contributed by atoms with E-state index >= 15 is 0 Å². The second kappa shape index (κ2) is 7.05. The van der Waals surface area contributed by atoms with Crippen molar-refractivity contribution < 1.29 is 9.90 Å². The molecule has 0 aliphatic heterocycles. The molecule has 0 bridgehead atoms. The number of rotatable bonds is 4. The summed E-state index contributed by atoms with van der Waals surface area (Å²) >= 11 is 0. The molecule has 0 saturated carbocycles. The maximum atomic E-state index is 12.2. The molecule has 5 heteroatoms. The number of amides is 1. The number of hydrogen-bond acceptors (Lipinski definition) is 4. The number of phenols is 1. The monoisotopic (exact) mass is 333 g/mol. The van der Waals surface area contributed by atoms with Crippen LogP contribution in [0.1, 0.15) is 15.9 Å². The van der Waals surface area contributed by atoms with Crippen LogP contribution in [0.25, 0.3) is 10.8 Å². The van der Waals surface area contributed by atoms with Crippen molar-refractivity contribution in [2.24, 2.45) is 5.10 Å². The number of phenolic OH excluding ortho intramolecular Hbond substituents is 1. The molecule has 2 N–H and O–H groups in total. The Labute approximate surface area is 146 Å². The predicted molar refractivity (Wildman–Crippen MR) is 101 cm³/mol. The molecule has 5 nitrogen and oxygen atoms in total. The quantitative estimate of drug-likeness (QED) is 0.568. The van der Waals surface area contributed by atoms with Crippen LogP contribution in [0, 0.1) is 0 Å². The number of fused-ring (bicyclic) bond motifs is 1. The third-order valence-electron chi connectivity index (χ3n) is 3.95. The van der Waals surface area contributed by atoms with Crippen molar-refractivity contribution in [1.29, 1.82) is 0 Å². The smallest absolute Gasteiger partial charge is 0.271 e. The van der Waals surface area contributed by atoms with Crippen molar-refractivity contribution in [3.63, 3.8) is 0 Å².